The fourth-order valence-electron chi connectivity index (χ4n) is 4.95. The van der Waals surface area contributed by atoms with E-state index in [1.54, 1.807) is 19.2 Å². The number of carbonyl (C=O) groups is 2. The first-order valence-corrected chi connectivity index (χ1v) is 10.2. The highest BCUT2D eigenvalue weighted by Crippen LogP contribution is 2.48. The van der Waals surface area contributed by atoms with E-state index in [2.05, 4.69) is 20.6 Å². The van der Waals surface area contributed by atoms with Crippen molar-refractivity contribution in [2.24, 2.45) is 17.8 Å². The van der Waals surface area contributed by atoms with Gasteiger partial charge in [-0.05, 0) is 61.4 Å². The van der Waals surface area contributed by atoms with Crippen LogP contribution < -0.4 is 10.6 Å². The summed E-state index contributed by atoms with van der Waals surface area (Å²) in [6, 6.07) is 13.1. The number of nitrogens with one attached hydrogen (secondary N) is 3. The number of imidazole rings is 1. The van der Waals surface area contributed by atoms with Gasteiger partial charge in [0.15, 0.2) is 0 Å². The Balaban J connectivity index is 1.34. The molecule has 148 valence electrons. The Morgan fingerprint density at radius 2 is 1.90 bits per heavy atom. The van der Waals surface area contributed by atoms with Crippen LogP contribution in [0.2, 0.25) is 0 Å². The zero-order valence-electron chi connectivity index (χ0n) is 16.4. The molecule has 2 fully saturated rings. The van der Waals surface area contributed by atoms with Gasteiger partial charge in [0, 0.05) is 29.8 Å². The molecular formula is C23H24N4O2. The Morgan fingerprint density at radius 3 is 2.59 bits per heavy atom. The van der Waals surface area contributed by atoms with Gasteiger partial charge in [0.25, 0.3) is 5.91 Å². The van der Waals surface area contributed by atoms with Crippen LogP contribution in [0.3, 0.4) is 0 Å². The lowest BCUT2D eigenvalue weighted by Gasteiger charge is -2.20. The van der Waals surface area contributed by atoms with E-state index in [9.17, 15) is 9.59 Å². The summed E-state index contributed by atoms with van der Waals surface area (Å²) in [5, 5.41) is 5.72. The van der Waals surface area contributed by atoms with Crippen molar-refractivity contribution >= 4 is 28.5 Å². The second-order valence-corrected chi connectivity index (χ2v) is 8.24. The molecule has 2 saturated carbocycles. The number of hydrogen-bond donors (Lipinski definition) is 3. The predicted octanol–water partition coefficient (Wildman–Crippen LogP) is 3.96. The Labute approximate surface area is 169 Å². The van der Waals surface area contributed by atoms with Crippen molar-refractivity contribution in [1.29, 1.82) is 0 Å². The maximum absolute atomic E-state index is 12.7. The monoisotopic (exact) mass is 388 g/mol. The molecule has 3 unspecified atom stereocenters. The number of benzene rings is 2. The van der Waals surface area contributed by atoms with Gasteiger partial charge >= 0.3 is 0 Å². The summed E-state index contributed by atoms with van der Waals surface area (Å²) in [4.78, 5) is 32.4. The molecule has 6 nitrogen and oxygen atoms in total. The van der Waals surface area contributed by atoms with Gasteiger partial charge in [-0.15, -0.1) is 0 Å². The molecule has 2 amide bonds. The summed E-state index contributed by atoms with van der Waals surface area (Å²) in [5.74, 6) is 2.27. The van der Waals surface area contributed by atoms with Crippen LogP contribution in [-0.2, 0) is 4.79 Å². The van der Waals surface area contributed by atoms with Gasteiger partial charge in [-0.1, -0.05) is 18.6 Å². The Hall–Kier alpha value is -3.15. The highest BCUT2D eigenvalue weighted by Gasteiger charge is 2.43. The maximum Gasteiger partial charge on any atom is 0.251 e. The molecule has 2 aliphatic carbocycles. The molecule has 1 aromatic heterocycles. The lowest BCUT2D eigenvalue weighted by atomic mass is 9.88. The van der Waals surface area contributed by atoms with Crippen LogP contribution in [0.4, 0.5) is 5.69 Å². The minimum absolute atomic E-state index is 0.114. The molecule has 0 aliphatic heterocycles. The molecule has 1 heterocycles. The van der Waals surface area contributed by atoms with E-state index in [1.807, 2.05) is 30.3 Å². The average Bonchev–Trinajstić information content (AvgIpc) is 3.48. The molecule has 6 heteroatoms. The van der Waals surface area contributed by atoms with E-state index in [-0.39, 0.29) is 17.7 Å². The third kappa shape index (κ3) is 3.28. The summed E-state index contributed by atoms with van der Waals surface area (Å²) < 4.78 is 0. The second-order valence-electron chi connectivity index (χ2n) is 8.24. The summed E-state index contributed by atoms with van der Waals surface area (Å²) in [6.07, 6.45) is 4.75. The first kappa shape index (κ1) is 17.9. The largest absolute Gasteiger partial charge is 0.355 e. The number of amides is 2. The van der Waals surface area contributed by atoms with Crippen molar-refractivity contribution in [3.05, 3.63) is 48.0 Å². The third-order valence-corrected chi connectivity index (χ3v) is 6.47. The maximum atomic E-state index is 12.7. The molecule has 2 aliphatic rings. The van der Waals surface area contributed by atoms with Gasteiger partial charge in [-0.25, -0.2) is 4.98 Å². The number of carbonyl (C=O) groups excluding carboxylic acids is 2. The molecule has 0 radical (unpaired) electrons. The van der Waals surface area contributed by atoms with Gasteiger partial charge < -0.3 is 15.6 Å². The average molecular weight is 388 g/mol. The molecule has 3 N–H and O–H groups in total. The van der Waals surface area contributed by atoms with Crippen molar-refractivity contribution in [2.75, 3.05) is 12.4 Å². The fourth-order valence-corrected chi connectivity index (χ4v) is 4.95. The number of hydrogen-bond acceptors (Lipinski definition) is 3. The number of H-pyrrole nitrogens is 1. The van der Waals surface area contributed by atoms with Crippen LogP contribution in [0.15, 0.2) is 42.5 Å². The first-order chi connectivity index (χ1) is 14.1. The summed E-state index contributed by atoms with van der Waals surface area (Å²) in [5.41, 5.74) is 4.03. The second kappa shape index (κ2) is 7.03. The molecule has 0 saturated heterocycles. The van der Waals surface area contributed by atoms with Crippen molar-refractivity contribution in [3.63, 3.8) is 0 Å². The molecule has 2 aromatic carbocycles. The first-order valence-electron chi connectivity index (χ1n) is 10.2. The molecule has 3 atom stereocenters. The number of rotatable bonds is 4. The van der Waals surface area contributed by atoms with Crippen LogP contribution in [-0.4, -0.2) is 28.8 Å². The number of anilines is 1. The van der Waals surface area contributed by atoms with Crippen LogP contribution in [0.5, 0.6) is 0 Å². The van der Waals surface area contributed by atoms with E-state index in [1.165, 1.54) is 19.3 Å². The Morgan fingerprint density at radius 1 is 1.07 bits per heavy atom. The SMILES string of the molecule is CNC(=O)c1ccc(-c2nc3ccc(NC(=O)C4CC5CCC4C5)cc3[nH]2)cc1. The normalized spacial score (nSPS) is 22.7. The summed E-state index contributed by atoms with van der Waals surface area (Å²) in [6.45, 7) is 0. The molecule has 5 rings (SSSR count). The van der Waals surface area contributed by atoms with Crippen LogP contribution in [0.1, 0.15) is 36.0 Å². The van der Waals surface area contributed by atoms with E-state index in [0.29, 0.717) is 11.5 Å². The summed E-state index contributed by atoms with van der Waals surface area (Å²) >= 11 is 0. The smallest absolute Gasteiger partial charge is 0.251 e. The van der Waals surface area contributed by atoms with Gasteiger partial charge in [0.2, 0.25) is 5.91 Å². The number of aromatic nitrogens is 2. The van der Waals surface area contributed by atoms with Crippen LogP contribution >= 0.6 is 0 Å². The third-order valence-electron chi connectivity index (χ3n) is 6.47. The number of nitrogens with zero attached hydrogens (tertiary/aromatic N) is 1. The van der Waals surface area contributed by atoms with E-state index in [0.717, 1.165) is 40.4 Å². The highest BCUT2D eigenvalue weighted by atomic mass is 16.2. The minimum Gasteiger partial charge on any atom is -0.355 e. The predicted molar refractivity (Wildman–Crippen MR) is 112 cm³/mol. The van der Waals surface area contributed by atoms with E-state index in [4.69, 9.17) is 0 Å². The highest BCUT2D eigenvalue weighted by molar-refractivity contribution is 5.96. The van der Waals surface area contributed by atoms with Gasteiger partial charge in [0.05, 0.1) is 11.0 Å². The quantitative estimate of drug-likeness (QED) is 0.632. The van der Waals surface area contributed by atoms with Crippen LogP contribution in [0, 0.1) is 17.8 Å². The topological polar surface area (TPSA) is 86.9 Å². The fraction of sp³-hybridized carbons (Fsp3) is 0.348. The van der Waals surface area contributed by atoms with Crippen molar-refractivity contribution in [1.82, 2.24) is 15.3 Å². The zero-order chi connectivity index (χ0) is 20.0. The van der Waals surface area contributed by atoms with Crippen molar-refractivity contribution < 1.29 is 9.59 Å². The number of fused-ring (bicyclic) bond motifs is 3. The van der Waals surface area contributed by atoms with Gasteiger partial charge in [-0.2, -0.15) is 0 Å². The van der Waals surface area contributed by atoms with E-state index >= 15 is 0 Å². The Bertz CT molecular complexity index is 1090. The zero-order valence-corrected chi connectivity index (χ0v) is 16.4. The lowest BCUT2D eigenvalue weighted by molar-refractivity contribution is -0.121. The van der Waals surface area contributed by atoms with Gasteiger partial charge in [0.1, 0.15) is 5.82 Å². The van der Waals surface area contributed by atoms with Crippen LogP contribution in [0.25, 0.3) is 22.4 Å². The van der Waals surface area contributed by atoms with Gasteiger partial charge in [-0.3, -0.25) is 9.59 Å². The standard InChI is InChI=1S/C23H24N4O2/c1-24-22(28)15-6-4-14(5-7-15)21-26-19-9-8-17(12-20(19)27-21)25-23(29)18-11-13-2-3-16(18)10-13/h4-9,12-13,16,18H,2-3,10-11H2,1H3,(H,24,28)(H,25,29)(H,26,27). The molecule has 3 aromatic rings. The van der Waals surface area contributed by atoms with Crippen molar-refractivity contribution in [3.8, 4) is 11.4 Å². The summed E-state index contributed by atoms with van der Waals surface area (Å²) in [7, 11) is 1.61. The van der Waals surface area contributed by atoms with E-state index < -0.39 is 0 Å². The molecule has 29 heavy (non-hydrogen) atoms. The lowest BCUT2D eigenvalue weighted by Crippen LogP contribution is -2.27. The Kier molecular flexibility index (Phi) is 4.34. The van der Waals surface area contributed by atoms with Crippen molar-refractivity contribution in [2.45, 2.75) is 25.7 Å². The number of aromatic amines is 1. The minimum atomic E-state index is -0.114. The molecule has 0 spiro atoms. The molecular weight excluding hydrogens is 364 g/mol. The molecule has 2 bridgehead atoms.